The van der Waals surface area contributed by atoms with Crippen LogP contribution in [-0.2, 0) is 0 Å². The van der Waals surface area contributed by atoms with E-state index in [0.29, 0.717) is 12.1 Å². The molecule has 1 aliphatic rings. The van der Waals surface area contributed by atoms with Gasteiger partial charge in [0.1, 0.15) is 0 Å². The summed E-state index contributed by atoms with van der Waals surface area (Å²) in [5.41, 5.74) is 1.19. The van der Waals surface area contributed by atoms with Crippen LogP contribution in [0.3, 0.4) is 0 Å². The van der Waals surface area contributed by atoms with Crippen molar-refractivity contribution in [2.24, 2.45) is 0 Å². The maximum absolute atomic E-state index is 4.82. The summed E-state index contributed by atoms with van der Waals surface area (Å²) in [6, 6.07) is 0.954. The Morgan fingerprint density at radius 3 is 2.85 bits per heavy atom. The highest BCUT2D eigenvalue weighted by Gasteiger charge is 2.25. The highest BCUT2D eigenvalue weighted by atomic mass is 32.1. The quantitative estimate of drug-likeness (QED) is 0.905. The second-order valence-corrected chi connectivity index (χ2v) is 6.94. The number of aromatic nitrogens is 1. The molecule has 0 saturated carbocycles. The predicted octanol–water partition coefficient (Wildman–Crippen LogP) is 2.65. The van der Waals surface area contributed by atoms with Gasteiger partial charge >= 0.3 is 0 Å². The van der Waals surface area contributed by atoms with Crippen LogP contribution in [-0.4, -0.2) is 49.2 Å². The minimum Gasteiger partial charge on any atom is -0.343 e. The Morgan fingerprint density at radius 2 is 2.20 bits per heavy atom. The molecule has 2 rings (SSSR count). The lowest BCUT2D eigenvalue weighted by Crippen LogP contribution is -2.50. The highest BCUT2D eigenvalue weighted by Crippen LogP contribution is 2.32. The Labute approximate surface area is 127 Å². The van der Waals surface area contributed by atoms with Gasteiger partial charge in [-0.3, -0.25) is 0 Å². The molecule has 0 amide bonds. The van der Waals surface area contributed by atoms with E-state index in [0.717, 1.165) is 26.2 Å². The largest absolute Gasteiger partial charge is 0.343 e. The number of rotatable bonds is 5. The topological polar surface area (TPSA) is 31.4 Å². The molecule has 2 heterocycles. The van der Waals surface area contributed by atoms with Gasteiger partial charge < -0.3 is 15.1 Å². The van der Waals surface area contributed by atoms with Crippen LogP contribution in [0.2, 0.25) is 0 Å². The van der Waals surface area contributed by atoms with Gasteiger partial charge in [0.2, 0.25) is 0 Å². The summed E-state index contributed by atoms with van der Waals surface area (Å²) in [4.78, 5) is 11.1. The maximum atomic E-state index is 4.82. The molecule has 1 fully saturated rings. The Kier molecular flexibility index (Phi) is 5.41. The number of nitrogens with zero attached hydrogens (tertiary/aromatic N) is 3. The Morgan fingerprint density at radius 1 is 1.45 bits per heavy atom. The molecule has 0 aromatic carbocycles. The van der Waals surface area contributed by atoms with E-state index in [4.69, 9.17) is 4.98 Å². The molecule has 0 spiro atoms. The maximum Gasteiger partial charge on any atom is 0.186 e. The van der Waals surface area contributed by atoms with Gasteiger partial charge in [-0.05, 0) is 40.8 Å². The van der Waals surface area contributed by atoms with E-state index in [-0.39, 0.29) is 0 Å². The average molecular weight is 296 g/mol. The molecule has 0 bridgehead atoms. The van der Waals surface area contributed by atoms with Gasteiger partial charge in [-0.15, -0.1) is 11.3 Å². The van der Waals surface area contributed by atoms with E-state index in [1.54, 1.807) is 0 Å². The van der Waals surface area contributed by atoms with Gasteiger partial charge in [-0.2, -0.15) is 0 Å². The van der Waals surface area contributed by atoms with Gasteiger partial charge in [0.25, 0.3) is 0 Å². The number of anilines is 1. The SMILES string of the molecule is CCCNC(C)c1sc(N2CCN(C)CC2C)nc1C. The smallest absolute Gasteiger partial charge is 0.186 e. The molecule has 1 aromatic rings. The van der Waals surface area contributed by atoms with Crippen molar-refractivity contribution in [2.45, 2.75) is 46.2 Å². The van der Waals surface area contributed by atoms with Crippen LogP contribution in [0.25, 0.3) is 0 Å². The van der Waals surface area contributed by atoms with Gasteiger partial charge in [-0.1, -0.05) is 6.92 Å². The van der Waals surface area contributed by atoms with E-state index in [1.807, 2.05) is 11.3 Å². The van der Waals surface area contributed by atoms with Crippen molar-refractivity contribution in [1.29, 1.82) is 0 Å². The fraction of sp³-hybridized carbons (Fsp3) is 0.800. The first-order valence-electron chi connectivity index (χ1n) is 7.68. The molecule has 1 aromatic heterocycles. The Hall–Kier alpha value is -0.650. The molecule has 5 heteroatoms. The lowest BCUT2D eigenvalue weighted by atomic mass is 10.2. The number of hydrogen-bond donors (Lipinski definition) is 1. The number of nitrogens with one attached hydrogen (secondary N) is 1. The lowest BCUT2D eigenvalue weighted by Gasteiger charge is -2.38. The standard InChI is InChI=1S/C15H28N4S/c1-6-7-16-12(3)14-13(4)17-15(20-14)19-9-8-18(5)10-11(19)2/h11-12,16H,6-10H2,1-5H3. The van der Waals surface area contributed by atoms with Crippen LogP contribution in [0.1, 0.15) is 43.8 Å². The van der Waals surface area contributed by atoms with Crippen molar-refractivity contribution >= 4 is 16.5 Å². The number of aryl methyl sites for hydroxylation is 1. The molecule has 2 atom stereocenters. The van der Waals surface area contributed by atoms with Crippen molar-refractivity contribution in [2.75, 3.05) is 38.1 Å². The zero-order valence-electron chi connectivity index (χ0n) is 13.4. The van der Waals surface area contributed by atoms with Crippen molar-refractivity contribution in [3.05, 3.63) is 10.6 Å². The minimum absolute atomic E-state index is 0.406. The number of thiazole rings is 1. The Bertz CT molecular complexity index is 432. The number of hydrogen-bond acceptors (Lipinski definition) is 5. The molecule has 0 aliphatic carbocycles. The molecule has 1 aliphatic heterocycles. The van der Waals surface area contributed by atoms with Gasteiger partial charge in [0.05, 0.1) is 5.69 Å². The molecule has 114 valence electrons. The van der Waals surface area contributed by atoms with Crippen LogP contribution in [0.4, 0.5) is 5.13 Å². The summed E-state index contributed by atoms with van der Waals surface area (Å²) in [5.74, 6) is 0. The summed E-state index contributed by atoms with van der Waals surface area (Å²) in [7, 11) is 2.20. The molecule has 2 unspecified atom stereocenters. The van der Waals surface area contributed by atoms with Crippen LogP contribution in [0, 0.1) is 6.92 Å². The second kappa shape index (κ2) is 6.87. The summed E-state index contributed by atoms with van der Waals surface area (Å²) in [6.45, 7) is 13.3. The molecule has 0 radical (unpaired) electrons. The summed E-state index contributed by atoms with van der Waals surface area (Å²) < 4.78 is 0. The minimum atomic E-state index is 0.406. The van der Waals surface area contributed by atoms with E-state index in [9.17, 15) is 0 Å². The van der Waals surface area contributed by atoms with Gasteiger partial charge in [0, 0.05) is 36.6 Å². The zero-order valence-corrected chi connectivity index (χ0v) is 14.3. The first kappa shape index (κ1) is 15.7. The van der Waals surface area contributed by atoms with Crippen LogP contribution in [0.15, 0.2) is 0 Å². The summed E-state index contributed by atoms with van der Waals surface area (Å²) in [5, 5.41) is 4.77. The van der Waals surface area contributed by atoms with Crippen molar-refractivity contribution < 1.29 is 0 Å². The predicted molar refractivity (Wildman–Crippen MR) is 87.9 cm³/mol. The highest BCUT2D eigenvalue weighted by molar-refractivity contribution is 7.15. The van der Waals surface area contributed by atoms with E-state index in [1.165, 1.54) is 22.1 Å². The summed E-state index contributed by atoms with van der Waals surface area (Å²) in [6.07, 6.45) is 1.17. The van der Waals surface area contributed by atoms with E-state index < -0.39 is 0 Å². The van der Waals surface area contributed by atoms with Crippen molar-refractivity contribution in [3.63, 3.8) is 0 Å². The first-order valence-corrected chi connectivity index (χ1v) is 8.50. The third-order valence-corrected chi connectivity index (χ3v) is 5.37. The fourth-order valence-corrected chi connectivity index (χ4v) is 4.02. The van der Waals surface area contributed by atoms with Gasteiger partial charge in [-0.25, -0.2) is 4.98 Å². The molecule has 4 nitrogen and oxygen atoms in total. The fourth-order valence-electron chi connectivity index (χ4n) is 2.80. The second-order valence-electron chi connectivity index (χ2n) is 5.93. The molecule has 1 saturated heterocycles. The van der Waals surface area contributed by atoms with Crippen molar-refractivity contribution in [3.8, 4) is 0 Å². The third kappa shape index (κ3) is 3.51. The van der Waals surface area contributed by atoms with Crippen LogP contribution >= 0.6 is 11.3 Å². The molecular formula is C15H28N4S. The van der Waals surface area contributed by atoms with E-state index >= 15 is 0 Å². The summed E-state index contributed by atoms with van der Waals surface area (Å²) >= 11 is 1.86. The normalized spacial score (nSPS) is 22.2. The monoisotopic (exact) mass is 296 g/mol. The van der Waals surface area contributed by atoms with Crippen molar-refractivity contribution in [1.82, 2.24) is 15.2 Å². The zero-order chi connectivity index (χ0) is 14.7. The number of piperazine rings is 1. The lowest BCUT2D eigenvalue weighted by molar-refractivity contribution is 0.275. The Balaban J connectivity index is 2.10. The van der Waals surface area contributed by atoms with Crippen LogP contribution in [0.5, 0.6) is 0 Å². The molecule has 1 N–H and O–H groups in total. The molecular weight excluding hydrogens is 268 g/mol. The third-order valence-electron chi connectivity index (χ3n) is 3.99. The van der Waals surface area contributed by atoms with Crippen LogP contribution < -0.4 is 10.2 Å². The first-order chi connectivity index (χ1) is 9.52. The average Bonchev–Trinajstić information content (AvgIpc) is 2.78. The number of likely N-dealkylation sites (N-methyl/N-ethyl adjacent to an activating group) is 1. The van der Waals surface area contributed by atoms with Gasteiger partial charge in [0.15, 0.2) is 5.13 Å². The molecule has 20 heavy (non-hydrogen) atoms. The van der Waals surface area contributed by atoms with E-state index in [2.05, 4.69) is 49.9 Å².